The summed E-state index contributed by atoms with van der Waals surface area (Å²) >= 11 is 8.24. The molecule has 0 radical (unpaired) electrons. The molecule has 1 aromatic heterocycles. The number of thiazole rings is 1. The van der Waals surface area contributed by atoms with Gasteiger partial charge in [0.25, 0.3) is 5.56 Å². The first-order valence-corrected chi connectivity index (χ1v) is 12.5. The van der Waals surface area contributed by atoms with Crippen molar-refractivity contribution in [3.05, 3.63) is 93.5 Å². The van der Waals surface area contributed by atoms with Crippen LogP contribution in [0.1, 0.15) is 31.0 Å². The number of methoxy groups -OCH3 is 1. The Morgan fingerprint density at radius 3 is 2.58 bits per heavy atom. The van der Waals surface area contributed by atoms with Crippen molar-refractivity contribution in [2.24, 2.45) is 4.99 Å². The SMILES string of the molecule is CCOC(=O)C1=C(C)N=c2s/c(=C\c3ccc(Br)cc3)c(=O)n2C1c1ccc(OC)c(Br)c1. The molecule has 6 nitrogen and oxygen atoms in total. The lowest BCUT2D eigenvalue weighted by atomic mass is 9.96. The Balaban J connectivity index is 1.96. The van der Waals surface area contributed by atoms with Gasteiger partial charge >= 0.3 is 5.97 Å². The Morgan fingerprint density at radius 1 is 1.21 bits per heavy atom. The maximum atomic E-state index is 13.6. The van der Waals surface area contributed by atoms with Gasteiger partial charge < -0.3 is 9.47 Å². The van der Waals surface area contributed by atoms with Crippen molar-refractivity contribution in [1.82, 2.24) is 4.57 Å². The van der Waals surface area contributed by atoms with Gasteiger partial charge in [-0.3, -0.25) is 9.36 Å². The Kier molecular flexibility index (Phi) is 7.02. The van der Waals surface area contributed by atoms with Gasteiger partial charge in [0, 0.05) is 4.47 Å². The number of hydrogen-bond acceptors (Lipinski definition) is 6. The quantitative estimate of drug-likeness (QED) is 0.414. The van der Waals surface area contributed by atoms with Crippen LogP contribution in [0.5, 0.6) is 5.75 Å². The largest absolute Gasteiger partial charge is 0.496 e. The van der Waals surface area contributed by atoms with E-state index in [-0.39, 0.29) is 12.2 Å². The fourth-order valence-corrected chi connectivity index (χ4v) is 5.54. The minimum atomic E-state index is -0.672. The summed E-state index contributed by atoms with van der Waals surface area (Å²) in [6.45, 7) is 3.74. The highest BCUT2D eigenvalue weighted by Gasteiger charge is 2.33. The van der Waals surface area contributed by atoms with Crippen molar-refractivity contribution >= 4 is 55.2 Å². The van der Waals surface area contributed by atoms with E-state index in [1.54, 1.807) is 31.6 Å². The highest BCUT2D eigenvalue weighted by molar-refractivity contribution is 9.10. The molecule has 0 N–H and O–H groups in total. The molecular weight excluding hydrogens is 572 g/mol. The highest BCUT2D eigenvalue weighted by atomic mass is 79.9. The number of rotatable bonds is 5. The van der Waals surface area contributed by atoms with Gasteiger partial charge in [-0.15, -0.1) is 0 Å². The molecule has 170 valence electrons. The summed E-state index contributed by atoms with van der Waals surface area (Å²) in [7, 11) is 1.58. The van der Waals surface area contributed by atoms with E-state index < -0.39 is 12.0 Å². The molecule has 0 saturated heterocycles. The first-order valence-electron chi connectivity index (χ1n) is 10.1. The molecular formula is C24H20Br2N2O4S. The second-order valence-corrected chi connectivity index (χ2v) is 10.0. The second-order valence-electron chi connectivity index (χ2n) is 7.25. The van der Waals surface area contributed by atoms with Crippen LogP contribution in [-0.4, -0.2) is 24.3 Å². The monoisotopic (exact) mass is 590 g/mol. The van der Waals surface area contributed by atoms with Crippen LogP contribution in [0.4, 0.5) is 0 Å². The van der Waals surface area contributed by atoms with E-state index in [4.69, 9.17) is 9.47 Å². The van der Waals surface area contributed by atoms with Gasteiger partial charge in [-0.25, -0.2) is 9.79 Å². The van der Waals surface area contributed by atoms with Crippen molar-refractivity contribution in [3.8, 4) is 5.75 Å². The van der Waals surface area contributed by atoms with Crippen LogP contribution in [0.15, 0.2) is 72.5 Å². The number of esters is 1. The van der Waals surface area contributed by atoms with Crippen LogP contribution in [0.25, 0.3) is 6.08 Å². The number of allylic oxidation sites excluding steroid dienone is 1. The summed E-state index contributed by atoms with van der Waals surface area (Å²) in [4.78, 5) is 31.7. The van der Waals surface area contributed by atoms with E-state index in [0.717, 1.165) is 20.1 Å². The van der Waals surface area contributed by atoms with E-state index in [9.17, 15) is 9.59 Å². The number of nitrogens with zero attached hydrogens (tertiary/aromatic N) is 2. The molecule has 1 aliphatic rings. The molecule has 0 saturated carbocycles. The van der Waals surface area contributed by atoms with Crippen LogP contribution in [0, 0.1) is 0 Å². The van der Waals surface area contributed by atoms with Crippen molar-refractivity contribution in [2.45, 2.75) is 19.9 Å². The Labute approximate surface area is 211 Å². The predicted octanol–water partition coefficient (Wildman–Crippen LogP) is 4.33. The fourth-order valence-electron chi connectivity index (χ4n) is 3.67. The van der Waals surface area contributed by atoms with Gasteiger partial charge in [0.1, 0.15) is 5.75 Å². The minimum Gasteiger partial charge on any atom is -0.496 e. The van der Waals surface area contributed by atoms with Crippen molar-refractivity contribution < 1.29 is 14.3 Å². The third-order valence-electron chi connectivity index (χ3n) is 5.18. The summed E-state index contributed by atoms with van der Waals surface area (Å²) in [5.41, 5.74) is 2.30. The summed E-state index contributed by atoms with van der Waals surface area (Å²) in [6.07, 6.45) is 1.83. The van der Waals surface area contributed by atoms with E-state index in [2.05, 4.69) is 36.9 Å². The van der Waals surface area contributed by atoms with Gasteiger partial charge in [0.15, 0.2) is 4.80 Å². The Bertz CT molecular complexity index is 1440. The molecule has 9 heteroatoms. The van der Waals surface area contributed by atoms with Crippen molar-refractivity contribution in [3.63, 3.8) is 0 Å². The van der Waals surface area contributed by atoms with Gasteiger partial charge in [-0.05, 0) is 71.2 Å². The smallest absolute Gasteiger partial charge is 0.338 e. The topological polar surface area (TPSA) is 69.9 Å². The molecule has 4 rings (SSSR count). The van der Waals surface area contributed by atoms with Crippen LogP contribution < -0.4 is 19.6 Å². The second kappa shape index (κ2) is 9.79. The average molecular weight is 592 g/mol. The van der Waals surface area contributed by atoms with E-state index in [1.807, 2.05) is 42.5 Å². The summed E-state index contributed by atoms with van der Waals surface area (Å²) in [5, 5.41) is 0. The van der Waals surface area contributed by atoms with Crippen molar-refractivity contribution in [1.29, 1.82) is 0 Å². The van der Waals surface area contributed by atoms with Crippen LogP contribution in [0.3, 0.4) is 0 Å². The van der Waals surface area contributed by atoms with Gasteiger partial charge in [-0.1, -0.05) is 45.5 Å². The maximum absolute atomic E-state index is 13.6. The summed E-state index contributed by atoms with van der Waals surface area (Å²) in [6, 6.07) is 12.5. The van der Waals surface area contributed by atoms with E-state index >= 15 is 0 Å². The molecule has 0 bridgehead atoms. The van der Waals surface area contributed by atoms with Gasteiger partial charge in [0.05, 0.1) is 40.0 Å². The van der Waals surface area contributed by atoms with Gasteiger partial charge in [0.2, 0.25) is 0 Å². The number of ether oxygens (including phenoxy) is 2. The normalized spacial score (nSPS) is 15.8. The van der Waals surface area contributed by atoms with Crippen LogP contribution >= 0.6 is 43.2 Å². The molecule has 0 fully saturated rings. The first-order chi connectivity index (χ1) is 15.8. The highest BCUT2D eigenvalue weighted by Crippen LogP contribution is 2.34. The zero-order valence-electron chi connectivity index (χ0n) is 18.1. The molecule has 1 unspecified atom stereocenters. The number of hydrogen-bond donors (Lipinski definition) is 0. The van der Waals surface area contributed by atoms with Crippen LogP contribution in [-0.2, 0) is 9.53 Å². The first kappa shape index (κ1) is 23.7. The molecule has 0 spiro atoms. The molecule has 1 atom stereocenters. The molecule has 1 aliphatic heterocycles. The fraction of sp³-hybridized carbons (Fsp3) is 0.208. The third-order valence-corrected chi connectivity index (χ3v) is 7.31. The molecule has 3 aromatic rings. The average Bonchev–Trinajstić information content (AvgIpc) is 3.09. The predicted molar refractivity (Wildman–Crippen MR) is 135 cm³/mol. The number of benzene rings is 2. The zero-order chi connectivity index (χ0) is 23.7. The third kappa shape index (κ3) is 4.62. The number of carbonyl (C=O) groups excluding carboxylic acids is 1. The molecule has 33 heavy (non-hydrogen) atoms. The molecule has 0 amide bonds. The number of aromatic nitrogens is 1. The molecule has 2 heterocycles. The number of fused-ring (bicyclic) bond motifs is 1. The van der Waals surface area contributed by atoms with Crippen LogP contribution in [0.2, 0.25) is 0 Å². The van der Waals surface area contributed by atoms with Crippen molar-refractivity contribution in [2.75, 3.05) is 13.7 Å². The standard InChI is InChI=1S/C24H20Br2N2O4S/c1-4-32-23(30)20-13(2)27-24-28(21(20)15-7-10-18(31-3)17(26)12-15)22(29)19(33-24)11-14-5-8-16(25)9-6-14/h5-12,21H,4H2,1-3H3/b19-11-. The lowest BCUT2D eigenvalue weighted by molar-refractivity contribution is -0.139. The Hall–Kier alpha value is -2.49. The lowest BCUT2D eigenvalue weighted by Crippen LogP contribution is -2.39. The molecule has 2 aromatic carbocycles. The Morgan fingerprint density at radius 2 is 1.94 bits per heavy atom. The van der Waals surface area contributed by atoms with Gasteiger partial charge in [-0.2, -0.15) is 0 Å². The number of halogens is 2. The van der Waals surface area contributed by atoms with E-state index in [1.165, 1.54) is 11.3 Å². The lowest BCUT2D eigenvalue weighted by Gasteiger charge is -2.25. The maximum Gasteiger partial charge on any atom is 0.338 e. The molecule has 0 aliphatic carbocycles. The van der Waals surface area contributed by atoms with E-state index in [0.29, 0.717) is 26.4 Å². The summed E-state index contributed by atoms with van der Waals surface area (Å²) < 4.78 is 14.5. The zero-order valence-corrected chi connectivity index (χ0v) is 22.1. The number of carbonyl (C=O) groups is 1. The minimum absolute atomic E-state index is 0.215. The summed E-state index contributed by atoms with van der Waals surface area (Å²) in [5.74, 6) is 0.165.